The molecule has 0 spiro atoms. The van der Waals surface area contributed by atoms with Gasteiger partial charge >= 0.3 is 0 Å². The van der Waals surface area contributed by atoms with E-state index in [0.717, 1.165) is 49.4 Å². The van der Waals surface area contributed by atoms with E-state index >= 15 is 0 Å². The van der Waals surface area contributed by atoms with Gasteiger partial charge in [-0.1, -0.05) is 24.3 Å². The fourth-order valence-corrected chi connectivity index (χ4v) is 8.49. The van der Waals surface area contributed by atoms with Crippen LogP contribution >= 0.6 is 0 Å². The number of hydrogen-bond acceptors (Lipinski definition) is 7. The number of halogens is 1. The molecule has 2 aromatic heterocycles. The monoisotopic (exact) mass is 573 g/mol. The van der Waals surface area contributed by atoms with E-state index in [-0.39, 0.29) is 40.9 Å². The highest BCUT2D eigenvalue weighted by Crippen LogP contribution is 2.59. The van der Waals surface area contributed by atoms with Crippen molar-refractivity contribution in [3.63, 3.8) is 0 Å². The standard InChI is InChI=1S/C32H32FN3O4S/c33-24-5-6-27(35-17-24)31-36-29(21-3-1-19(2-4-21)20-7-11-41(38,39)12-8-20)30(40-31)26-15-23-13-22(23)14-25(26)28(37)16-32(18-34)9-10-32/h1-6,17,20,22-23,25-26H,7-16H2/t22?,23?,25-,26-/m1/s1. The van der Waals surface area contributed by atoms with Crippen molar-refractivity contribution >= 4 is 15.6 Å². The summed E-state index contributed by atoms with van der Waals surface area (Å²) < 4.78 is 43.9. The van der Waals surface area contributed by atoms with Gasteiger partial charge in [-0.15, -0.1) is 0 Å². The van der Waals surface area contributed by atoms with Gasteiger partial charge in [0.2, 0.25) is 5.89 Å². The van der Waals surface area contributed by atoms with Gasteiger partial charge in [0.15, 0.2) is 0 Å². The van der Waals surface area contributed by atoms with Crippen molar-refractivity contribution in [2.45, 2.75) is 63.2 Å². The van der Waals surface area contributed by atoms with Crippen molar-refractivity contribution in [2.75, 3.05) is 11.5 Å². The van der Waals surface area contributed by atoms with Gasteiger partial charge < -0.3 is 4.42 Å². The van der Waals surface area contributed by atoms with Crippen LogP contribution < -0.4 is 0 Å². The summed E-state index contributed by atoms with van der Waals surface area (Å²) in [7, 11) is -2.94. The Morgan fingerprint density at radius 2 is 1.78 bits per heavy atom. The molecule has 1 saturated heterocycles. The molecule has 2 unspecified atom stereocenters. The number of Topliss-reactive ketones (excluding diaryl/α,β-unsaturated/α-hetero) is 1. The Kier molecular flexibility index (Phi) is 6.38. The molecule has 9 heteroatoms. The van der Waals surface area contributed by atoms with Crippen LogP contribution in [0.1, 0.15) is 74.5 Å². The van der Waals surface area contributed by atoms with Gasteiger partial charge in [0.25, 0.3) is 0 Å². The third-order valence-electron chi connectivity index (χ3n) is 9.83. The molecule has 212 valence electrons. The van der Waals surface area contributed by atoms with Crippen molar-refractivity contribution in [3.8, 4) is 28.9 Å². The highest BCUT2D eigenvalue weighted by Gasteiger charge is 2.53. The molecule has 4 atom stereocenters. The Morgan fingerprint density at radius 1 is 1.05 bits per heavy atom. The van der Waals surface area contributed by atoms with E-state index in [1.54, 1.807) is 6.07 Å². The number of nitrogens with zero attached hydrogens (tertiary/aromatic N) is 3. The van der Waals surface area contributed by atoms with Crippen LogP contribution in [-0.4, -0.2) is 35.7 Å². The summed E-state index contributed by atoms with van der Waals surface area (Å²) >= 11 is 0. The number of carbonyl (C=O) groups is 1. The summed E-state index contributed by atoms with van der Waals surface area (Å²) in [5.74, 6) is 2.01. The van der Waals surface area contributed by atoms with Gasteiger partial charge in [0.1, 0.15) is 38.6 Å². The van der Waals surface area contributed by atoms with Crippen LogP contribution in [0.25, 0.3) is 22.8 Å². The van der Waals surface area contributed by atoms with Crippen LogP contribution in [-0.2, 0) is 14.6 Å². The summed E-state index contributed by atoms with van der Waals surface area (Å²) in [5.41, 5.74) is 2.54. The second kappa shape index (κ2) is 9.87. The number of aromatic nitrogens is 2. The Balaban J connectivity index is 1.24. The summed E-state index contributed by atoms with van der Waals surface area (Å²) in [4.78, 5) is 22.7. The number of fused-ring (bicyclic) bond motifs is 1. The van der Waals surface area contributed by atoms with Crippen molar-refractivity contribution in [1.29, 1.82) is 5.26 Å². The van der Waals surface area contributed by atoms with E-state index in [1.165, 1.54) is 6.07 Å². The van der Waals surface area contributed by atoms with Crippen LogP contribution in [0.4, 0.5) is 4.39 Å². The molecular weight excluding hydrogens is 541 g/mol. The molecule has 1 aromatic carbocycles. The van der Waals surface area contributed by atoms with Crippen LogP contribution in [0, 0.1) is 40.3 Å². The summed E-state index contributed by atoms with van der Waals surface area (Å²) in [6.07, 6.45) is 7.01. The van der Waals surface area contributed by atoms with E-state index in [2.05, 4.69) is 11.1 Å². The molecule has 1 aliphatic heterocycles. The molecule has 41 heavy (non-hydrogen) atoms. The number of benzene rings is 1. The molecule has 4 aliphatic rings. The molecule has 0 N–H and O–H groups in total. The maximum Gasteiger partial charge on any atom is 0.245 e. The maximum atomic E-state index is 13.7. The topological polar surface area (TPSA) is 114 Å². The lowest BCUT2D eigenvalue weighted by Gasteiger charge is -2.30. The molecule has 3 aliphatic carbocycles. The predicted molar refractivity (Wildman–Crippen MR) is 150 cm³/mol. The lowest BCUT2D eigenvalue weighted by atomic mass is 9.73. The maximum absolute atomic E-state index is 13.7. The number of hydrogen-bond donors (Lipinski definition) is 0. The molecule has 0 amide bonds. The van der Waals surface area contributed by atoms with Gasteiger partial charge in [-0.05, 0) is 80.4 Å². The van der Waals surface area contributed by atoms with Gasteiger partial charge in [0.05, 0.1) is 29.2 Å². The van der Waals surface area contributed by atoms with Crippen LogP contribution in [0.2, 0.25) is 0 Å². The number of nitriles is 1. The Bertz CT molecular complexity index is 1620. The van der Waals surface area contributed by atoms with E-state index in [1.807, 2.05) is 24.3 Å². The zero-order valence-electron chi connectivity index (χ0n) is 22.8. The quantitative estimate of drug-likeness (QED) is 0.329. The minimum atomic E-state index is -2.94. The number of oxazole rings is 1. The van der Waals surface area contributed by atoms with E-state index in [0.29, 0.717) is 48.2 Å². The summed E-state index contributed by atoms with van der Waals surface area (Å²) in [6.45, 7) is 0. The van der Waals surface area contributed by atoms with Crippen LogP contribution in [0.3, 0.4) is 0 Å². The minimum Gasteiger partial charge on any atom is -0.439 e. The first-order valence-electron chi connectivity index (χ1n) is 14.6. The van der Waals surface area contributed by atoms with E-state index in [4.69, 9.17) is 9.40 Å². The first kappa shape index (κ1) is 26.5. The normalized spacial score (nSPS) is 27.9. The van der Waals surface area contributed by atoms with Crippen LogP contribution in [0.15, 0.2) is 47.0 Å². The predicted octanol–water partition coefficient (Wildman–Crippen LogP) is 6.23. The Hall–Kier alpha value is -3.38. The molecule has 3 saturated carbocycles. The molecule has 3 heterocycles. The number of rotatable bonds is 7. The van der Waals surface area contributed by atoms with Gasteiger partial charge in [-0.25, -0.2) is 22.8 Å². The zero-order chi connectivity index (χ0) is 28.4. The molecule has 7 nitrogen and oxygen atoms in total. The smallest absolute Gasteiger partial charge is 0.245 e. The average Bonchev–Trinajstić information content (AvgIpc) is 3.88. The highest BCUT2D eigenvalue weighted by atomic mass is 32.2. The average molecular weight is 574 g/mol. The van der Waals surface area contributed by atoms with Gasteiger partial charge in [-0.2, -0.15) is 5.26 Å². The zero-order valence-corrected chi connectivity index (χ0v) is 23.6. The molecule has 0 bridgehead atoms. The Morgan fingerprint density at radius 3 is 2.44 bits per heavy atom. The van der Waals surface area contributed by atoms with Crippen molar-refractivity contribution in [2.24, 2.45) is 23.2 Å². The van der Waals surface area contributed by atoms with E-state index in [9.17, 15) is 22.9 Å². The molecular formula is C32H32FN3O4S. The molecule has 7 rings (SSSR count). The number of pyridine rings is 1. The highest BCUT2D eigenvalue weighted by molar-refractivity contribution is 7.91. The van der Waals surface area contributed by atoms with Crippen molar-refractivity contribution in [1.82, 2.24) is 9.97 Å². The summed E-state index contributed by atoms with van der Waals surface area (Å²) in [6, 6.07) is 13.3. The van der Waals surface area contributed by atoms with Crippen molar-refractivity contribution in [3.05, 3.63) is 59.7 Å². The van der Waals surface area contributed by atoms with Crippen LogP contribution in [0.5, 0.6) is 0 Å². The number of carbonyl (C=O) groups excluding carboxylic acids is 1. The van der Waals surface area contributed by atoms with Gasteiger partial charge in [-0.3, -0.25) is 4.79 Å². The first-order chi connectivity index (χ1) is 19.7. The Labute approximate surface area is 239 Å². The summed E-state index contributed by atoms with van der Waals surface area (Å²) in [5, 5.41) is 9.64. The molecule has 4 fully saturated rings. The van der Waals surface area contributed by atoms with Gasteiger partial charge in [0, 0.05) is 23.8 Å². The first-order valence-corrected chi connectivity index (χ1v) is 16.4. The largest absolute Gasteiger partial charge is 0.439 e. The fourth-order valence-electron chi connectivity index (χ4n) is 7.00. The second-order valence-corrected chi connectivity index (χ2v) is 14.9. The minimum absolute atomic E-state index is 0.144. The fraction of sp³-hybridized carbons (Fsp3) is 0.500. The lowest BCUT2D eigenvalue weighted by Crippen LogP contribution is -2.28. The van der Waals surface area contributed by atoms with E-state index < -0.39 is 21.1 Å². The molecule has 0 radical (unpaired) electrons. The van der Waals surface area contributed by atoms with Crippen molar-refractivity contribution < 1.29 is 22.0 Å². The third-order valence-corrected chi connectivity index (χ3v) is 11.5. The second-order valence-electron chi connectivity index (χ2n) is 12.6. The molecule has 3 aromatic rings. The number of ketones is 1. The lowest BCUT2D eigenvalue weighted by molar-refractivity contribution is -0.125. The number of sulfone groups is 1. The SMILES string of the molecule is N#CC1(CC(=O)[C@@H]2CC3CC3C[C@H]2c2oc(-c3ccc(F)cn3)nc2-c2ccc(C3CCS(=O)(=O)CC3)cc2)CC1. The third kappa shape index (κ3) is 5.23.